The summed E-state index contributed by atoms with van der Waals surface area (Å²) in [5.41, 5.74) is 5.97. The highest BCUT2D eigenvalue weighted by molar-refractivity contribution is 5.94. The Morgan fingerprint density at radius 3 is 2.14 bits per heavy atom. The number of amides is 2. The van der Waals surface area contributed by atoms with Crippen molar-refractivity contribution in [3.05, 3.63) is 35.9 Å². The smallest absolute Gasteiger partial charge is 0.328 e. The molecule has 0 unspecified atom stereocenters. The molecule has 0 aliphatic carbocycles. The monoisotopic (exact) mass is 409 g/mol. The number of hydrogen-bond acceptors (Lipinski definition) is 7. The molecule has 1 aromatic carbocycles. The van der Waals surface area contributed by atoms with Crippen LogP contribution in [0.1, 0.15) is 18.4 Å². The first-order valence-corrected chi connectivity index (χ1v) is 8.55. The van der Waals surface area contributed by atoms with Gasteiger partial charge in [-0.15, -0.1) is 0 Å². The Labute approximate surface area is 166 Å². The van der Waals surface area contributed by atoms with Crippen LogP contribution in [0.25, 0.3) is 0 Å². The van der Waals surface area contributed by atoms with Crippen LogP contribution in [0.5, 0.6) is 0 Å². The minimum Gasteiger partial charge on any atom is -0.481 e. The Balaban J connectivity index is 2.89. The van der Waals surface area contributed by atoms with Crippen LogP contribution in [0, 0.1) is 0 Å². The molecule has 0 saturated heterocycles. The Hall–Kier alpha value is -3.47. The van der Waals surface area contributed by atoms with Crippen LogP contribution in [0.2, 0.25) is 0 Å². The zero-order valence-corrected chi connectivity index (χ0v) is 15.7. The number of carboxylic acids is 2. The molecule has 0 saturated carbocycles. The molecule has 158 valence electrons. The van der Waals surface area contributed by atoms with Gasteiger partial charge >= 0.3 is 17.9 Å². The van der Waals surface area contributed by atoms with E-state index in [1.165, 1.54) is 0 Å². The molecule has 1 rings (SSSR count). The molecule has 0 aliphatic rings. The molecule has 0 spiro atoms. The number of nitrogens with two attached hydrogens (primary N) is 1. The van der Waals surface area contributed by atoms with Crippen molar-refractivity contribution in [2.45, 2.75) is 37.4 Å². The number of ether oxygens (including phenoxy) is 1. The van der Waals surface area contributed by atoms with E-state index in [1.54, 1.807) is 30.3 Å². The molecule has 0 fully saturated rings. The molecule has 0 heterocycles. The van der Waals surface area contributed by atoms with Gasteiger partial charge in [-0.25, -0.2) is 4.79 Å². The molecule has 29 heavy (non-hydrogen) atoms. The Kier molecular flexibility index (Phi) is 9.26. The lowest BCUT2D eigenvalue weighted by molar-refractivity contribution is -0.146. The molecule has 6 N–H and O–H groups in total. The number of hydrogen-bond donors (Lipinski definition) is 5. The van der Waals surface area contributed by atoms with E-state index in [9.17, 15) is 24.0 Å². The van der Waals surface area contributed by atoms with E-state index in [1.807, 2.05) is 0 Å². The fourth-order valence-electron chi connectivity index (χ4n) is 2.38. The van der Waals surface area contributed by atoms with Gasteiger partial charge in [-0.1, -0.05) is 30.3 Å². The zero-order valence-electron chi connectivity index (χ0n) is 15.7. The number of benzene rings is 1. The quantitative estimate of drug-likeness (QED) is 0.275. The molecule has 0 bridgehead atoms. The number of carbonyl (C=O) groups excluding carboxylic acids is 3. The van der Waals surface area contributed by atoms with Gasteiger partial charge in [-0.3, -0.25) is 19.2 Å². The molecule has 3 atom stereocenters. The van der Waals surface area contributed by atoms with Crippen molar-refractivity contribution in [1.82, 2.24) is 10.6 Å². The van der Waals surface area contributed by atoms with Crippen molar-refractivity contribution < 1.29 is 38.9 Å². The average molecular weight is 409 g/mol. The fraction of sp³-hybridized carbons (Fsp3) is 0.389. The zero-order chi connectivity index (χ0) is 22.0. The largest absolute Gasteiger partial charge is 0.481 e. The molecule has 11 heteroatoms. The van der Waals surface area contributed by atoms with Crippen molar-refractivity contribution in [3.63, 3.8) is 0 Å². The number of carboxylic acid groups (broad SMARTS) is 2. The second-order valence-electron chi connectivity index (χ2n) is 6.14. The van der Waals surface area contributed by atoms with Gasteiger partial charge in [0.1, 0.15) is 18.1 Å². The summed E-state index contributed by atoms with van der Waals surface area (Å²) in [5, 5.41) is 22.2. The summed E-state index contributed by atoms with van der Waals surface area (Å²) in [6.45, 7) is 0. The third kappa shape index (κ3) is 8.39. The normalized spacial score (nSPS) is 13.4. The highest BCUT2D eigenvalue weighted by Gasteiger charge is 2.29. The predicted molar refractivity (Wildman–Crippen MR) is 98.5 cm³/mol. The Morgan fingerprint density at radius 1 is 1.00 bits per heavy atom. The second-order valence-corrected chi connectivity index (χ2v) is 6.14. The second kappa shape index (κ2) is 11.4. The maximum Gasteiger partial charge on any atom is 0.328 e. The minimum atomic E-state index is -1.54. The third-order valence-electron chi connectivity index (χ3n) is 3.84. The molecule has 0 aliphatic heterocycles. The first-order chi connectivity index (χ1) is 13.6. The Bertz CT molecular complexity index is 753. The summed E-state index contributed by atoms with van der Waals surface area (Å²) >= 11 is 0. The van der Waals surface area contributed by atoms with Crippen LogP contribution >= 0.6 is 0 Å². The SMILES string of the molecule is COC(=O)[C@H](Cc1ccccc1)NC(=O)[C@H](CC(=O)O)NC(=O)C[C@H](N)C(=O)O. The number of carbonyl (C=O) groups is 5. The first kappa shape index (κ1) is 23.6. The van der Waals surface area contributed by atoms with Crippen molar-refractivity contribution in [3.8, 4) is 0 Å². The molecule has 0 aromatic heterocycles. The third-order valence-corrected chi connectivity index (χ3v) is 3.84. The molecule has 1 aromatic rings. The number of methoxy groups -OCH3 is 1. The number of rotatable bonds is 11. The van der Waals surface area contributed by atoms with Crippen LogP contribution in [0.15, 0.2) is 30.3 Å². The summed E-state index contributed by atoms with van der Waals surface area (Å²) in [6, 6.07) is 4.54. The summed E-state index contributed by atoms with van der Waals surface area (Å²) in [4.78, 5) is 58.2. The van der Waals surface area contributed by atoms with Crippen LogP contribution in [0.3, 0.4) is 0 Å². The highest BCUT2D eigenvalue weighted by Crippen LogP contribution is 2.06. The van der Waals surface area contributed by atoms with Crippen LogP contribution < -0.4 is 16.4 Å². The van der Waals surface area contributed by atoms with Crippen LogP contribution in [-0.2, 0) is 35.1 Å². The van der Waals surface area contributed by atoms with Crippen LogP contribution in [0.4, 0.5) is 0 Å². The van der Waals surface area contributed by atoms with Gasteiger partial charge in [0, 0.05) is 6.42 Å². The average Bonchev–Trinajstić information content (AvgIpc) is 2.66. The number of nitrogens with one attached hydrogen (secondary N) is 2. The van der Waals surface area contributed by atoms with E-state index in [0.717, 1.165) is 12.7 Å². The molecule has 11 nitrogen and oxygen atoms in total. The van der Waals surface area contributed by atoms with Gasteiger partial charge in [-0.2, -0.15) is 0 Å². The van der Waals surface area contributed by atoms with Gasteiger partial charge in [0.05, 0.1) is 20.0 Å². The van der Waals surface area contributed by atoms with E-state index in [-0.39, 0.29) is 6.42 Å². The number of aliphatic carboxylic acids is 2. The number of esters is 1. The minimum absolute atomic E-state index is 0.0802. The maximum absolute atomic E-state index is 12.5. The highest BCUT2D eigenvalue weighted by atomic mass is 16.5. The van der Waals surface area contributed by atoms with Crippen molar-refractivity contribution >= 4 is 29.7 Å². The van der Waals surface area contributed by atoms with E-state index in [4.69, 9.17) is 15.9 Å². The molecular weight excluding hydrogens is 386 g/mol. The molecule has 0 radical (unpaired) electrons. The van der Waals surface area contributed by atoms with Crippen molar-refractivity contribution in [1.29, 1.82) is 0 Å². The van der Waals surface area contributed by atoms with E-state index in [2.05, 4.69) is 15.4 Å². The first-order valence-electron chi connectivity index (χ1n) is 8.55. The topological polar surface area (TPSA) is 185 Å². The summed E-state index contributed by atoms with van der Waals surface area (Å²) in [7, 11) is 1.14. The van der Waals surface area contributed by atoms with Crippen molar-refractivity contribution in [2.75, 3.05) is 7.11 Å². The summed E-state index contributed by atoms with van der Waals surface area (Å²) < 4.78 is 4.67. The van der Waals surface area contributed by atoms with Crippen LogP contribution in [-0.4, -0.2) is 65.2 Å². The van der Waals surface area contributed by atoms with Gasteiger partial charge in [-0.05, 0) is 5.56 Å². The van der Waals surface area contributed by atoms with Gasteiger partial charge in [0.15, 0.2) is 0 Å². The van der Waals surface area contributed by atoms with E-state index < -0.39 is 60.7 Å². The molecule has 2 amide bonds. The lowest BCUT2D eigenvalue weighted by Gasteiger charge is -2.21. The van der Waals surface area contributed by atoms with E-state index in [0.29, 0.717) is 0 Å². The molecular formula is C18H23N3O8. The fourth-order valence-corrected chi connectivity index (χ4v) is 2.38. The lowest BCUT2D eigenvalue weighted by atomic mass is 10.0. The van der Waals surface area contributed by atoms with Crippen molar-refractivity contribution in [2.24, 2.45) is 5.73 Å². The standard InChI is InChI=1S/C18H23N3O8/c1-29-18(28)13(7-10-5-3-2-4-6-10)21-16(25)12(9-15(23)24)20-14(22)8-11(19)17(26)27/h2-6,11-13H,7-9,19H2,1H3,(H,20,22)(H,21,25)(H,23,24)(H,26,27)/t11-,12-,13-/m0/s1. The Morgan fingerprint density at radius 2 is 1.62 bits per heavy atom. The summed E-state index contributed by atoms with van der Waals surface area (Å²) in [5.74, 6) is -5.41. The maximum atomic E-state index is 12.5. The van der Waals surface area contributed by atoms with Gasteiger partial charge < -0.3 is 31.3 Å². The summed E-state index contributed by atoms with van der Waals surface area (Å²) in [6.07, 6.45) is -1.35. The van der Waals surface area contributed by atoms with Gasteiger partial charge in [0.25, 0.3) is 0 Å². The van der Waals surface area contributed by atoms with E-state index >= 15 is 0 Å². The lowest BCUT2D eigenvalue weighted by Crippen LogP contribution is -2.53. The van der Waals surface area contributed by atoms with Gasteiger partial charge in [0.2, 0.25) is 11.8 Å². The predicted octanol–water partition coefficient (Wildman–Crippen LogP) is -1.35.